The van der Waals surface area contributed by atoms with E-state index in [1.807, 2.05) is 0 Å². The van der Waals surface area contributed by atoms with Crippen LogP contribution < -0.4 is 10.2 Å². The van der Waals surface area contributed by atoms with Crippen molar-refractivity contribution in [3.8, 4) is 0 Å². The molecule has 0 unspecified atom stereocenters. The summed E-state index contributed by atoms with van der Waals surface area (Å²) < 4.78 is 0. The monoisotopic (exact) mass is 266 g/mol. The van der Waals surface area contributed by atoms with Crippen LogP contribution in [0.15, 0.2) is 18.2 Å². The molecule has 0 amide bonds. The lowest BCUT2D eigenvalue weighted by Crippen LogP contribution is -2.35. The van der Waals surface area contributed by atoms with Crippen LogP contribution in [0.1, 0.15) is 39.2 Å². The highest BCUT2D eigenvalue weighted by Gasteiger charge is 2.27. The highest BCUT2D eigenvalue weighted by molar-refractivity contribution is 6.33. The summed E-state index contributed by atoms with van der Waals surface area (Å²) in [6.07, 6.45) is 2.58. The van der Waals surface area contributed by atoms with Gasteiger partial charge >= 0.3 is 0 Å². The van der Waals surface area contributed by atoms with E-state index in [2.05, 4.69) is 56.2 Å². The molecule has 1 N–H and O–H groups in total. The van der Waals surface area contributed by atoms with E-state index < -0.39 is 0 Å². The van der Waals surface area contributed by atoms with E-state index in [-0.39, 0.29) is 5.54 Å². The molecule has 0 radical (unpaired) electrons. The zero-order chi connectivity index (χ0) is 13.3. The molecule has 1 saturated carbocycles. The highest BCUT2D eigenvalue weighted by Crippen LogP contribution is 2.34. The van der Waals surface area contributed by atoms with Crippen molar-refractivity contribution < 1.29 is 0 Å². The molecule has 18 heavy (non-hydrogen) atoms. The molecule has 1 fully saturated rings. The third-order valence-electron chi connectivity index (χ3n) is 3.31. The van der Waals surface area contributed by atoms with Gasteiger partial charge in [-0.3, -0.25) is 0 Å². The van der Waals surface area contributed by atoms with Gasteiger partial charge in [0.15, 0.2) is 0 Å². The Balaban J connectivity index is 2.04. The van der Waals surface area contributed by atoms with Crippen LogP contribution in [0.3, 0.4) is 0 Å². The largest absolute Gasteiger partial charge is 0.370 e. The molecule has 3 heteroatoms. The number of rotatable bonds is 4. The van der Waals surface area contributed by atoms with Gasteiger partial charge in [-0.2, -0.15) is 0 Å². The molecule has 0 heterocycles. The second-order valence-corrected chi connectivity index (χ2v) is 6.64. The van der Waals surface area contributed by atoms with Crippen molar-refractivity contribution >= 4 is 17.3 Å². The summed E-state index contributed by atoms with van der Waals surface area (Å²) in [6.45, 7) is 7.37. The van der Waals surface area contributed by atoms with Crippen LogP contribution in [0.2, 0.25) is 5.02 Å². The third kappa shape index (κ3) is 3.63. The quantitative estimate of drug-likeness (QED) is 0.891. The van der Waals surface area contributed by atoms with Crippen molar-refractivity contribution in [2.24, 2.45) is 0 Å². The Morgan fingerprint density at radius 3 is 2.50 bits per heavy atom. The van der Waals surface area contributed by atoms with Crippen LogP contribution >= 0.6 is 11.6 Å². The fourth-order valence-electron chi connectivity index (χ4n) is 1.97. The van der Waals surface area contributed by atoms with Crippen molar-refractivity contribution in [3.05, 3.63) is 28.8 Å². The molecule has 0 aliphatic heterocycles. The van der Waals surface area contributed by atoms with Crippen molar-refractivity contribution in [2.75, 3.05) is 11.9 Å². The van der Waals surface area contributed by atoms with Crippen LogP contribution in [0.5, 0.6) is 0 Å². The van der Waals surface area contributed by atoms with Gasteiger partial charge < -0.3 is 10.2 Å². The summed E-state index contributed by atoms with van der Waals surface area (Å²) in [7, 11) is 2.13. The lowest BCUT2D eigenvalue weighted by atomic mass is 10.1. The molecule has 0 aromatic heterocycles. The molecular weight excluding hydrogens is 244 g/mol. The standard InChI is InChI=1S/C15H23ClN2/c1-15(2,3)17-10-11-5-8-14(13(16)9-11)18(4)12-6-7-12/h5,8-9,12,17H,6-7,10H2,1-4H3. The topological polar surface area (TPSA) is 15.3 Å². The maximum absolute atomic E-state index is 6.38. The van der Waals surface area contributed by atoms with Gasteiger partial charge in [-0.15, -0.1) is 0 Å². The Kier molecular flexibility index (Phi) is 3.88. The van der Waals surface area contributed by atoms with E-state index in [0.717, 1.165) is 17.3 Å². The predicted molar refractivity (Wildman–Crippen MR) is 79.5 cm³/mol. The Bertz CT molecular complexity index is 419. The van der Waals surface area contributed by atoms with E-state index in [1.165, 1.54) is 18.4 Å². The van der Waals surface area contributed by atoms with Crippen LogP contribution in [0.4, 0.5) is 5.69 Å². The molecule has 0 atom stereocenters. The van der Waals surface area contributed by atoms with Gasteiger partial charge in [-0.05, 0) is 51.3 Å². The molecular formula is C15H23ClN2. The van der Waals surface area contributed by atoms with E-state index in [0.29, 0.717) is 6.04 Å². The van der Waals surface area contributed by atoms with Crippen LogP contribution in [-0.4, -0.2) is 18.6 Å². The fourth-order valence-corrected chi connectivity index (χ4v) is 2.31. The fraction of sp³-hybridized carbons (Fsp3) is 0.600. The first-order valence-corrected chi connectivity index (χ1v) is 7.01. The SMILES string of the molecule is CN(c1ccc(CNC(C)(C)C)cc1Cl)C1CC1. The minimum Gasteiger partial charge on any atom is -0.370 e. The van der Waals surface area contributed by atoms with Gasteiger partial charge in [0.25, 0.3) is 0 Å². The molecule has 1 aromatic rings. The number of anilines is 1. The first kappa shape index (κ1) is 13.7. The highest BCUT2D eigenvalue weighted by atomic mass is 35.5. The van der Waals surface area contributed by atoms with Gasteiger partial charge in [0.1, 0.15) is 0 Å². The number of nitrogens with one attached hydrogen (secondary N) is 1. The number of nitrogens with zero attached hydrogens (tertiary/aromatic N) is 1. The molecule has 2 rings (SSSR count). The minimum atomic E-state index is 0.135. The number of hydrogen-bond acceptors (Lipinski definition) is 2. The minimum absolute atomic E-state index is 0.135. The van der Waals surface area contributed by atoms with E-state index >= 15 is 0 Å². The summed E-state index contributed by atoms with van der Waals surface area (Å²) in [5.74, 6) is 0. The molecule has 100 valence electrons. The third-order valence-corrected chi connectivity index (χ3v) is 3.61. The van der Waals surface area contributed by atoms with Gasteiger partial charge in [0.05, 0.1) is 10.7 Å². The first-order valence-electron chi connectivity index (χ1n) is 6.63. The normalized spacial score (nSPS) is 15.8. The maximum Gasteiger partial charge on any atom is 0.0642 e. The zero-order valence-electron chi connectivity index (χ0n) is 11.8. The second-order valence-electron chi connectivity index (χ2n) is 6.23. The predicted octanol–water partition coefficient (Wildman–Crippen LogP) is 3.83. The Morgan fingerprint density at radius 1 is 1.33 bits per heavy atom. The molecule has 2 nitrogen and oxygen atoms in total. The summed E-state index contributed by atoms with van der Waals surface area (Å²) in [5, 5.41) is 4.34. The first-order chi connectivity index (χ1) is 8.37. The van der Waals surface area contributed by atoms with Crippen LogP contribution in [0, 0.1) is 0 Å². The van der Waals surface area contributed by atoms with Crippen LogP contribution in [-0.2, 0) is 6.54 Å². The van der Waals surface area contributed by atoms with Gasteiger partial charge in [0.2, 0.25) is 0 Å². The van der Waals surface area contributed by atoms with E-state index in [1.54, 1.807) is 0 Å². The van der Waals surface area contributed by atoms with E-state index in [9.17, 15) is 0 Å². The molecule has 0 bridgehead atoms. The van der Waals surface area contributed by atoms with Gasteiger partial charge in [0, 0.05) is 25.2 Å². The van der Waals surface area contributed by atoms with Crippen LogP contribution in [0.25, 0.3) is 0 Å². The van der Waals surface area contributed by atoms with Crippen molar-refractivity contribution in [2.45, 2.75) is 51.7 Å². The molecule has 1 aromatic carbocycles. The van der Waals surface area contributed by atoms with Crippen molar-refractivity contribution in [1.29, 1.82) is 0 Å². The number of benzene rings is 1. The molecule has 1 aliphatic rings. The zero-order valence-corrected chi connectivity index (χ0v) is 12.5. The molecule has 0 saturated heterocycles. The Labute approximate surface area is 115 Å². The summed E-state index contributed by atoms with van der Waals surface area (Å²) >= 11 is 6.38. The van der Waals surface area contributed by atoms with Gasteiger partial charge in [-0.1, -0.05) is 17.7 Å². The average Bonchev–Trinajstić information content (AvgIpc) is 3.08. The maximum atomic E-state index is 6.38. The molecule has 1 aliphatic carbocycles. The van der Waals surface area contributed by atoms with Crippen molar-refractivity contribution in [3.63, 3.8) is 0 Å². The number of hydrogen-bond donors (Lipinski definition) is 1. The Morgan fingerprint density at radius 2 is 2.00 bits per heavy atom. The molecule has 0 spiro atoms. The van der Waals surface area contributed by atoms with E-state index in [4.69, 9.17) is 11.6 Å². The number of halogens is 1. The van der Waals surface area contributed by atoms with Gasteiger partial charge in [-0.25, -0.2) is 0 Å². The summed E-state index contributed by atoms with van der Waals surface area (Å²) in [4.78, 5) is 2.29. The Hall–Kier alpha value is -0.730. The van der Waals surface area contributed by atoms with Crippen molar-refractivity contribution in [1.82, 2.24) is 5.32 Å². The summed E-state index contributed by atoms with van der Waals surface area (Å²) in [5.41, 5.74) is 2.53. The lowest BCUT2D eigenvalue weighted by Gasteiger charge is -2.22. The second kappa shape index (κ2) is 5.10. The lowest BCUT2D eigenvalue weighted by molar-refractivity contribution is 0.424. The summed E-state index contributed by atoms with van der Waals surface area (Å²) in [6, 6.07) is 7.08. The smallest absolute Gasteiger partial charge is 0.0642 e. The average molecular weight is 267 g/mol.